The summed E-state index contributed by atoms with van der Waals surface area (Å²) in [5.41, 5.74) is 4.54. The molecule has 0 bridgehead atoms. The van der Waals surface area contributed by atoms with E-state index < -0.39 is 0 Å². The van der Waals surface area contributed by atoms with E-state index in [9.17, 15) is 4.79 Å². The molecule has 0 atom stereocenters. The molecule has 0 unspecified atom stereocenters. The van der Waals surface area contributed by atoms with Crippen LogP contribution in [0.4, 0.5) is 0 Å². The van der Waals surface area contributed by atoms with Crippen LogP contribution >= 0.6 is 0 Å². The van der Waals surface area contributed by atoms with Crippen LogP contribution in [0.5, 0.6) is 11.5 Å². The second-order valence-electron chi connectivity index (χ2n) is 6.94. The van der Waals surface area contributed by atoms with E-state index in [-0.39, 0.29) is 5.91 Å². The lowest BCUT2D eigenvalue weighted by Crippen LogP contribution is -2.26. The lowest BCUT2D eigenvalue weighted by Gasteiger charge is -2.13. The minimum Gasteiger partial charge on any atom is -0.490 e. The van der Waals surface area contributed by atoms with Crippen LogP contribution in [-0.4, -0.2) is 30.6 Å². The molecule has 1 N–H and O–H groups in total. The number of hydrogen-bond donors (Lipinski definition) is 1. The van der Waals surface area contributed by atoms with E-state index in [2.05, 4.69) is 10.3 Å². The number of aromatic nitrogens is 1. The number of carbonyl (C=O) groups excluding carboxylic acids is 1. The third-order valence-corrected chi connectivity index (χ3v) is 4.72. The molecule has 1 aromatic heterocycles. The molecule has 0 aliphatic heterocycles. The molecule has 29 heavy (non-hydrogen) atoms. The maximum atomic E-state index is 12.8. The number of rotatable bonds is 8. The summed E-state index contributed by atoms with van der Waals surface area (Å²) in [4.78, 5) is 17.4. The van der Waals surface area contributed by atoms with E-state index in [4.69, 9.17) is 9.47 Å². The number of benzene rings is 2. The second-order valence-corrected chi connectivity index (χ2v) is 6.94. The van der Waals surface area contributed by atoms with Gasteiger partial charge in [0.1, 0.15) is 0 Å². The smallest absolute Gasteiger partial charge is 0.252 e. The molecule has 3 rings (SSSR count). The van der Waals surface area contributed by atoms with Crippen molar-refractivity contribution in [3.05, 3.63) is 64.8 Å². The predicted octanol–water partition coefficient (Wildman–Crippen LogP) is 4.62. The summed E-state index contributed by atoms with van der Waals surface area (Å²) in [6.07, 6.45) is 0.708. The Morgan fingerprint density at radius 3 is 2.52 bits per heavy atom. The molecule has 5 nitrogen and oxygen atoms in total. The number of nitrogens with zero attached hydrogens (tertiary/aromatic N) is 1. The first-order valence-corrected chi connectivity index (χ1v) is 10.1. The Labute approximate surface area is 172 Å². The van der Waals surface area contributed by atoms with Crippen LogP contribution in [0.3, 0.4) is 0 Å². The molecule has 152 valence electrons. The monoisotopic (exact) mass is 392 g/mol. The average molecular weight is 392 g/mol. The van der Waals surface area contributed by atoms with Gasteiger partial charge in [-0.3, -0.25) is 9.78 Å². The third-order valence-electron chi connectivity index (χ3n) is 4.72. The van der Waals surface area contributed by atoms with Crippen LogP contribution in [0.15, 0.2) is 42.5 Å². The SMILES string of the molecule is CCOc1ccc(CCNC(=O)c2cc(C)nc3c(C)cccc23)cc1OCC. The number of aryl methyl sites for hydroxylation is 2. The summed E-state index contributed by atoms with van der Waals surface area (Å²) in [7, 11) is 0. The van der Waals surface area contributed by atoms with Crippen LogP contribution in [0, 0.1) is 13.8 Å². The van der Waals surface area contributed by atoms with Gasteiger partial charge in [-0.15, -0.1) is 0 Å². The van der Waals surface area contributed by atoms with Gasteiger partial charge in [0.2, 0.25) is 0 Å². The average Bonchev–Trinajstić information content (AvgIpc) is 2.70. The van der Waals surface area contributed by atoms with Gasteiger partial charge in [-0.25, -0.2) is 0 Å². The Balaban J connectivity index is 1.71. The van der Waals surface area contributed by atoms with Crippen LogP contribution in [-0.2, 0) is 6.42 Å². The van der Waals surface area contributed by atoms with Crippen molar-refractivity contribution in [1.29, 1.82) is 0 Å². The quantitative estimate of drug-likeness (QED) is 0.608. The molecule has 0 spiro atoms. The van der Waals surface area contributed by atoms with Gasteiger partial charge in [-0.2, -0.15) is 0 Å². The van der Waals surface area contributed by atoms with Crippen molar-refractivity contribution in [3.8, 4) is 11.5 Å². The summed E-state index contributed by atoms with van der Waals surface area (Å²) in [5, 5.41) is 3.92. The molecular weight excluding hydrogens is 364 g/mol. The first-order valence-electron chi connectivity index (χ1n) is 10.1. The van der Waals surface area contributed by atoms with Gasteiger partial charge in [-0.05, 0) is 63.4 Å². The summed E-state index contributed by atoms with van der Waals surface area (Å²) in [6, 6.07) is 13.7. The van der Waals surface area contributed by atoms with Crippen LogP contribution in [0.1, 0.15) is 41.0 Å². The number of pyridine rings is 1. The highest BCUT2D eigenvalue weighted by Crippen LogP contribution is 2.28. The lowest BCUT2D eigenvalue weighted by atomic mass is 10.0. The highest BCUT2D eigenvalue weighted by Gasteiger charge is 2.13. The van der Waals surface area contributed by atoms with Gasteiger partial charge in [0.25, 0.3) is 5.91 Å². The summed E-state index contributed by atoms with van der Waals surface area (Å²) in [5.74, 6) is 1.41. The zero-order valence-corrected chi connectivity index (χ0v) is 17.5. The lowest BCUT2D eigenvalue weighted by molar-refractivity contribution is 0.0955. The summed E-state index contributed by atoms with van der Waals surface area (Å²) in [6.45, 7) is 9.53. The van der Waals surface area contributed by atoms with E-state index in [1.54, 1.807) is 0 Å². The molecule has 0 saturated carbocycles. The van der Waals surface area contributed by atoms with Crippen LogP contribution in [0.2, 0.25) is 0 Å². The molecule has 1 amide bonds. The zero-order valence-electron chi connectivity index (χ0n) is 17.5. The van der Waals surface area contributed by atoms with Crippen molar-refractivity contribution in [1.82, 2.24) is 10.3 Å². The molecular formula is C24H28N2O3. The fourth-order valence-corrected chi connectivity index (χ4v) is 3.37. The van der Waals surface area contributed by atoms with Crippen molar-refractivity contribution < 1.29 is 14.3 Å². The summed E-state index contributed by atoms with van der Waals surface area (Å²) >= 11 is 0. The molecule has 0 aliphatic rings. The van der Waals surface area contributed by atoms with Crippen molar-refractivity contribution in [2.24, 2.45) is 0 Å². The number of para-hydroxylation sites is 1. The van der Waals surface area contributed by atoms with Gasteiger partial charge in [0.05, 0.1) is 24.3 Å². The fourth-order valence-electron chi connectivity index (χ4n) is 3.37. The first-order chi connectivity index (χ1) is 14.0. The molecule has 0 fully saturated rings. The summed E-state index contributed by atoms with van der Waals surface area (Å²) < 4.78 is 11.3. The maximum Gasteiger partial charge on any atom is 0.252 e. The Hall–Kier alpha value is -3.08. The Morgan fingerprint density at radius 1 is 1.00 bits per heavy atom. The predicted molar refractivity (Wildman–Crippen MR) is 116 cm³/mol. The van der Waals surface area contributed by atoms with E-state index in [0.29, 0.717) is 31.7 Å². The van der Waals surface area contributed by atoms with Crippen molar-refractivity contribution in [2.75, 3.05) is 19.8 Å². The van der Waals surface area contributed by atoms with E-state index in [1.807, 2.05) is 70.2 Å². The van der Waals surface area contributed by atoms with Crippen LogP contribution in [0.25, 0.3) is 10.9 Å². The molecule has 0 radical (unpaired) electrons. The molecule has 0 aliphatic carbocycles. The van der Waals surface area contributed by atoms with Gasteiger partial charge < -0.3 is 14.8 Å². The molecule has 5 heteroatoms. The van der Waals surface area contributed by atoms with E-state index in [1.165, 1.54) is 0 Å². The largest absolute Gasteiger partial charge is 0.490 e. The van der Waals surface area contributed by atoms with E-state index >= 15 is 0 Å². The number of ether oxygens (including phenoxy) is 2. The van der Waals surface area contributed by atoms with Crippen molar-refractivity contribution in [2.45, 2.75) is 34.1 Å². The Morgan fingerprint density at radius 2 is 1.76 bits per heavy atom. The fraction of sp³-hybridized carbons (Fsp3) is 0.333. The number of amides is 1. The number of nitrogens with one attached hydrogen (secondary N) is 1. The third kappa shape index (κ3) is 4.86. The highest BCUT2D eigenvalue weighted by atomic mass is 16.5. The van der Waals surface area contributed by atoms with E-state index in [0.717, 1.165) is 39.2 Å². The number of fused-ring (bicyclic) bond motifs is 1. The minimum absolute atomic E-state index is 0.0814. The standard InChI is InChI=1S/C24H28N2O3/c1-5-28-21-11-10-18(15-22(21)29-6-2)12-13-25-24(27)20-14-17(4)26-23-16(3)8-7-9-19(20)23/h7-11,14-15H,5-6,12-13H2,1-4H3,(H,25,27). The molecule has 2 aromatic carbocycles. The van der Waals surface area contributed by atoms with Gasteiger partial charge in [-0.1, -0.05) is 24.3 Å². The Kier molecular flexibility index (Phi) is 6.70. The number of carbonyl (C=O) groups is 1. The van der Waals surface area contributed by atoms with Crippen molar-refractivity contribution in [3.63, 3.8) is 0 Å². The number of hydrogen-bond acceptors (Lipinski definition) is 4. The maximum absolute atomic E-state index is 12.8. The Bertz CT molecular complexity index is 1010. The molecule has 3 aromatic rings. The van der Waals surface area contributed by atoms with Gasteiger partial charge >= 0.3 is 0 Å². The topological polar surface area (TPSA) is 60.5 Å². The second kappa shape index (κ2) is 9.41. The first kappa shape index (κ1) is 20.6. The van der Waals surface area contributed by atoms with Gasteiger partial charge in [0.15, 0.2) is 11.5 Å². The molecule has 0 saturated heterocycles. The van der Waals surface area contributed by atoms with Crippen LogP contribution < -0.4 is 14.8 Å². The highest BCUT2D eigenvalue weighted by molar-refractivity contribution is 6.06. The van der Waals surface area contributed by atoms with Gasteiger partial charge in [0, 0.05) is 17.6 Å². The van der Waals surface area contributed by atoms with Crippen molar-refractivity contribution >= 4 is 16.8 Å². The minimum atomic E-state index is -0.0814. The molecule has 1 heterocycles. The zero-order chi connectivity index (χ0) is 20.8. The normalized spacial score (nSPS) is 10.8.